The smallest absolute Gasteiger partial charge is 0.338 e. The van der Waals surface area contributed by atoms with Crippen LogP contribution in [-0.2, 0) is 0 Å². The molecule has 5 nitrogen and oxygen atoms in total. The molecule has 1 aromatic rings. The monoisotopic (exact) mass is 207 g/mol. The number of hydrogen-bond donors (Lipinski definition) is 2. The molecule has 0 spiro atoms. The van der Waals surface area contributed by atoms with Crippen molar-refractivity contribution in [3.05, 3.63) is 36.3 Å². The van der Waals surface area contributed by atoms with Crippen LogP contribution in [0.1, 0.15) is 17.3 Å². The first-order valence-electron chi connectivity index (χ1n) is 4.44. The summed E-state index contributed by atoms with van der Waals surface area (Å²) in [5, 5.41) is 15.5. The highest BCUT2D eigenvalue weighted by Gasteiger charge is 2.05. The summed E-state index contributed by atoms with van der Waals surface area (Å²) < 4.78 is 1.52. The van der Waals surface area contributed by atoms with Gasteiger partial charge in [-0.15, -0.1) is 0 Å². The van der Waals surface area contributed by atoms with E-state index in [1.54, 1.807) is 13.2 Å². The van der Waals surface area contributed by atoms with E-state index in [9.17, 15) is 4.79 Å². The average Bonchev–Trinajstić information content (AvgIpc) is 2.66. The Morgan fingerprint density at radius 1 is 1.67 bits per heavy atom. The molecule has 0 aliphatic heterocycles. The van der Waals surface area contributed by atoms with Crippen LogP contribution in [0.3, 0.4) is 0 Å². The lowest BCUT2D eigenvalue weighted by atomic mass is 10.4. The highest BCUT2D eigenvalue weighted by Crippen LogP contribution is 2.05. The Balaban J connectivity index is 2.82. The zero-order valence-corrected chi connectivity index (χ0v) is 8.64. The molecule has 0 aliphatic carbocycles. The third kappa shape index (κ3) is 2.98. The topological polar surface area (TPSA) is 67.2 Å². The van der Waals surface area contributed by atoms with Crippen LogP contribution < -0.4 is 5.32 Å². The van der Waals surface area contributed by atoms with Crippen LogP contribution in [0.2, 0.25) is 0 Å². The summed E-state index contributed by atoms with van der Waals surface area (Å²) >= 11 is 0. The SMILES string of the molecule is CN/C=C\C=C(/C)n1cc(C(=O)O)cn1. The highest BCUT2D eigenvalue weighted by molar-refractivity contribution is 5.87. The Morgan fingerprint density at radius 3 is 2.93 bits per heavy atom. The van der Waals surface area contributed by atoms with E-state index in [-0.39, 0.29) is 5.56 Å². The van der Waals surface area contributed by atoms with Crippen molar-refractivity contribution < 1.29 is 9.90 Å². The van der Waals surface area contributed by atoms with Gasteiger partial charge < -0.3 is 10.4 Å². The van der Waals surface area contributed by atoms with Crippen LogP contribution >= 0.6 is 0 Å². The van der Waals surface area contributed by atoms with Gasteiger partial charge in [-0.2, -0.15) is 5.10 Å². The first-order valence-corrected chi connectivity index (χ1v) is 4.44. The molecule has 15 heavy (non-hydrogen) atoms. The van der Waals surface area contributed by atoms with Crippen molar-refractivity contribution >= 4 is 11.7 Å². The van der Waals surface area contributed by atoms with Gasteiger partial charge in [-0.3, -0.25) is 0 Å². The Kier molecular flexibility index (Phi) is 3.68. The molecular weight excluding hydrogens is 194 g/mol. The van der Waals surface area contributed by atoms with Crippen LogP contribution in [0, 0.1) is 0 Å². The second-order valence-corrected chi connectivity index (χ2v) is 2.93. The second kappa shape index (κ2) is 4.99. The Labute approximate surface area is 87.7 Å². The summed E-state index contributed by atoms with van der Waals surface area (Å²) in [6.07, 6.45) is 8.21. The second-order valence-electron chi connectivity index (χ2n) is 2.93. The van der Waals surface area contributed by atoms with E-state index in [0.29, 0.717) is 0 Å². The maximum Gasteiger partial charge on any atom is 0.338 e. The van der Waals surface area contributed by atoms with Crippen molar-refractivity contribution in [1.29, 1.82) is 0 Å². The molecule has 2 N–H and O–H groups in total. The lowest BCUT2D eigenvalue weighted by Gasteiger charge is -1.97. The van der Waals surface area contributed by atoms with Gasteiger partial charge in [-0.05, 0) is 25.3 Å². The fourth-order valence-corrected chi connectivity index (χ4v) is 0.986. The fraction of sp³-hybridized carbons (Fsp3) is 0.200. The molecule has 0 amide bonds. The van der Waals surface area contributed by atoms with E-state index in [1.807, 2.05) is 19.1 Å². The summed E-state index contributed by atoms with van der Waals surface area (Å²) in [4.78, 5) is 10.6. The van der Waals surface area contributed by atoms with Gasteiger partial charge in [0.2, 0.25) is 0 Å². The molecule has 0 fully saturated rings. The van der Waals surface area contributed by atoms with Gasteiger partial charge in [0.05, 0.1) is 11.8 Å². The molecule has 0 radical (unpaired) electrons. The number of allylic oxidation sites excluding steroid dienone is 3. The molecule has 0 aromatic carbocycles. The predicted octanol–water partition coefficient (Wildman–Crippen LogP) is 1.18. The zero-order chi connectivity index (χ0) is 11.3. The van der Waals surface area contributed by atoms with Gasteiger partial charge in [0.15, 0.2) is 0 Å². The summed E-state index contributed by atoms with van der Waals surface area (Å²) in [5.74, 6) is -0.972. The number of aromatic nitrogens is 2. The van der Waals surface area contributed by atoms with Crippen molar-refractivity contribution in [2.24, 2.45) is 0 Å². The van der Waals surface area contributed by atoms with Crippen molar-refractivity contribution in [2.45, 2.75) is 6.92 Å². The number of carboxylic acids is 1. The number of nitrogens with zero attached hydrogens (tertiary/aromatic N) is 2. The molecule has 5 heteroatoms. The molecular formula is C10H13N3O2. The van der Waals surface area contributed by atoms with Crippen LogP contribution in [0.15, 0.2) is 30.7 Å². The minimum Gasteiger partial charge on any atom is -0.478 e. The van der Waals surface area contributed by atoms with Crippen molar-refractivity contribution in [3.8, 4) is 0 Å². The molecule has 1 rings (SSSR count). The third-order valence-electron chi connectivity index (χ3n) is 1.79. The molecule has 80 valence electrons. The first-order chi connectivity index (χ1) is 7.15. The quantitative estimate of drug-likeness (QED) is 0.727. The molecule has 1 heterocycles. The molecule has 0 aliphatic rings. The van der Waals surface area contributed by atoms with E-state index < -0.39 is 5.97 Å². The van der Waals surface area contributed by atoms with Gasteiger partial charge in [0.1, 0.15) is 0 Å². The van der Waals surface area contributed by atoms with E-state index in [1.165, 1.54) is 17.1 Å². The maximum atomic E-state index is 10.6. The zero-order valence-electron chi connectivity index (χ0n) is 8.64. The summed E-state index contributed by atoms with van der Waals surface area (Å²) in [7, 11) is 1.80. The van der Waals surface area contributed by atoms with Gasteiger partial charge in [0, 0.05) is 18.9 Å². The molecule has 0 unspecified atom stereocenters. The maximum absolute atomic E-state index is 10.6. The molecule has 1 aromatic heterocycles. The predicted molar refractivity (Wildman–Crippen MR) is 57.3 cm³/mol. The minimum atomic E-state index is -0.972. The van der Waals surface area contributed by atoms with E-state index in [4.69, 9.17) is 5.11 Å². The van der Waals surface area contributed by atoms with Crippen LogP contribution in [0.4, 0.5) is 0 Å². The summed E-state index contributed by atoms with van der Waals surface area (Å²) in [6, 6.07) is 0. The number of carboxylic acid groups (broad SMARTS) is 1. The Hall–Kier alpha value is -2.04. The number of hydrogen-bond acceptors (Lipinski definition) is 3. The van der Waals surface area contributed by atoms with Crippen LogP contribution in [0.5, 0.6) is 0 Å². The van der Waals surface area contributed by atoms with Crippen molar-refractivity contribution in [1.82, 2.24) is 15.1 Å². The lowest BCUT2D eigenvalue weighted by Crippen LogP contribution is -1.95. The van der Waals surface area contributed by atoms with E-state index in [2.05, 4.69) is 10.4 Å². The number of carbonyl (C=O) groups is 1. The van der Waals surface area contributed by atoms with Crippen LogP contribution in [-0.4, -0.2) is 27.9 Å². The fourth-order valence-electron chi connectivity index (χ4n) is 0.986. The standard InChI is InChI=1S/C10H13N3O2/c1-8(4-3-5-11-2)13-7-9(6-12-13)10(14)15/h3-7,11H,1-2H3,(H,14,15)/b5-3-,8-4+. The Bertz CT molecular complexity index is 405. The van der Waals surface area contributed by atoms with Gasteiger partial charge in [0.25, 0.3) is 0 Å². The van der Waals surface area contributed by atoms with Gasteiger partial charge in [-0.1, -0.05) is 0 Å². The molecule has 0 saturated heterocycles. The highest BCUT2D eigenvalue weighted by atomic mass is 16.4. The van der Waals surface area contributed by atoms with Crippen molar-refractivity contribution in [3.63, 3.8) is 0 Å². The van der Waals surface area contributed by atoms with Gasteiger partial charge >= 0.3 is 5.97 Å². The number of nitrogens with one attached hydrogen (secondary N) is 1. The van der Waals surface area contributed by atoms with E-state index >= 15 is 0 Å². The lowest BCUT2D eigenvalue weighted by molar-refractivity contribution is 0.0697. The molecule has 0 atom stereocenters. The third-order valence-corrected chi connectivity index (χ3v) is 1.79. The normalized spacial score (nSPS) is 12.0. The van der Waals surface area contributed by atoms with Gasteiger partial charge in [-0.25, -0.2) is 9.48 Å². The first kappa shape index (κ1) is 11.0. The Morgan fingerprint density at radius 2 is 2.40 bits per heavy atom. The largest absolute Gasteiger partial charge is 0.478 e. The molecule has 0 bridgehead atoms. The molecule has 0 saturated carbocycles. The number of rotatable bonds is 4. The van der Waals surface area contributed by atoms with E-state index in [0.717, 1.165) is 5.70 Å². The summed E-state index contributed by atoms with van der Waals surface area (Å²) in [5.41, 5.74) is 1.02. The van der Waals surface area contributed by atoms with Crippen LogP contribution in [0.25, 0.3) is 5.70 Å². The number of aromatic carboxylic acids is 1. The average molecular weight is 207 g/mol. The van der Waals surface area contributed by atoms with Crippen molar-refractivity contribution in [2.75, 3.05) is 7.05 Å². The minimum absolute atomic E-state index is 0.181. The summed E-state index contributed by atoms with van der Waals surface area (Å²) in [6.45, 7) is 1.85.